The molecule has 2 aromatic heterocycles. The van der Waals surface area contributed by atoms with Crippen LogP contribution in [0.4, 0.5) is 5.82 Å². The summed E-state index contributed by atoms with van der Waals surface area (Å²) >= 11 is 1.64. The Morgan fingerprint density at radius 2 is 1.77 bits per heavy atom. The number of nitrogens with one attached hydrogen (secondary N) is 1. The number of nitrogens with zero attached hydrogens (tertiary/aromatic N) is 2. The summed E-state index contributed by atoms with van der Waals surface area (Å²) < 4.78 is 0. The standard InChI is InChI=1S/C21H19N3OS/c1-14-2-6-16(7-3-14)18-12-26-21-19(18)20(23-13-24-21)22-11-10-15-4-8-17(25)9-5-15/h2-9,12-13,25H,10-11H2,1H3,(H,22,23,24). The minimum absolute atomic E-state index is 0.292. The summed E-state index contributed by atoms with van der Waals surface area (Å²) in [6.07, 6.45) is 2.47. The molecule has 2 aromatic carbocycles. The Morgan fingerprint density at radius 1 is 1.00 bits per heavy atom. The average molecular weight is 361 g/mol. The second-order valence-electron chi connectivity index (χ2n) is 6.26. The molecule has 4 rings (SSSR count). The van der Waals surface area contributed by atoms with Gasteiger partial charge >= 0.3 is 0 Å². The molecule has 0 fully saturated rings. The molecule has 0 unspecified atom stereocenters. The first-order valence-corrected chi connectivity index (χ1v) is 9.40. The highest BCUT2D eigenvalue weighted by Gasteiger charge is 2.12. The minimum Gasteiger partial charge on any atom is -0.508 e. The maximum Gasteiger partial charge on any atom is 0.138 e. The monoisotopic (exact) mass is 361 g/mol. The smallest absolute Gasteiger partial charge is 0.138 e. The van der Waals surface area contributed by atoms with Crippen molar-refractivity contribution in [3.63, 3.8) is 0 Å². The second kappa shape index (κ2) is 7.14. The summed E-state index contributed by atoms with van der Waals surface area (Å²) in [5.74, 6) is 1.16. The van der Waals surface area contributed by atoms with Gasteiger partial charge in [0.25, 0.3) is 0 Å². The number of aromatic hydroxyl groups is 1. The van der Waals surface area contributed by atoms with E-state index in [0.717, 1.165) is 34.6 Å². The molecule has 0 radical (unpaired) electrons. The van der Waals surface area contributed by atoms with Gasteiger partial charge in [-0.25, -0.2) is 9.97 Å². The van der Waals surface area contributed by atoms with Gasteiger partial charge in [-0.3, -0.25) is 0 Å². The van der Waals surface area contributed by atoms with E-state index in [4.69, 9.17) is 0 Å². The van der Waals surface area contributed by atoms with Crippen molar-refractivity contribution >= 4 is 27.4 Å². The molecule has 0 spiro atoms. The molecule has 0 saturated carbocycles. The van der Waals surface area contributed by atoms with Crippen molar-refractivity contribution in [2.45, 2.75) is 13.3 Å². The Kier molecular flexibility index (Phi) is 4.54. The van der Waals surface area contributed by atoms with Crippen LogP contribution in [0.1, 0.15) is 11.1 Å². The molecule has 0 bridgehead atoms. The summed E-state index contributed by atoms with van der Waals surface area (Å²) in [5, 5.41) is 16.1. The molecule has 4 aromatic rings. The molecule has 0 saturated heterocycles. The molecule has 5 heteroatoms. The molecule has 2 N–H and O–H groups in total. The van der Waals surface area contributed by atoms with Crippen LogP contribution in [0.2, 0.25) is 0 Å². The van der Waals surface area contributed by atoms with E-state index >= 15 is 0 Å². The lowest BCUT2D eigenvalue weighted by atomic mass is 10.0. The summed E-state index contributed by atoms with van der Waals surface area (Å²) in [7, 11) is 0. The average Bonchev–Trinajstić information content (AvgIpc) is 3.09. The molecule has 4 nitrogen and oxygen atoms in total. The Hall–Kier alpha value is -2.92. The van der Waals surface area contributed by atoms with Gasteiger partial charge in [-0.2, -0.15) is 0 Å². The quantitative estimate of drug-likeness (QED) is 0.524. The van der Waals surface area contributed by atoms with Crippen LogP contribution in [-0.2, 0) is 6.42 Å². The van der Waals surface area contributed by atoms with E-state index in [-0.39, 0.29) is 0 Å². The number of aryl methyl sites for hydroxylation is 1. The topological polar surface area (TPSA) is 58.0 Å². The number of thiophene rings is 1. The predicted molar refractivity (Wildman–Crippen MR) is 108 cm³/mol. The van der Waals surface area contributed by atoms with Crippen LogP contribution in [0.3, 0.4) is 0 Å². The van der Waals surface area contributed by atoms with Gasteiger partial charge in [-0.15, -0.1) is 11.3 Å². The van der Waals surface area contributed by atoms with Gasteiger partial charge in [0.1, 0.15) is 22.7 Å². The SMILES string of the molecule is Cc1ccc(-c2csc3ncnc(NCCc4ccc(O)cc4)c23)cc1. The van der Waals surface area contributed by atoms with Gasteiger partial charge in [-0.05, 0) is 36.6 Å². The van der Waals surface area contributed by atoms with E-state index in [1.807, 2.05) is 12.1 Å². The lowest BCUT2D eigenvalue weighted by Gasteiger charge is -2.09. The summed E-state index contributed by atoms with van der Waals surface area (Å²) in [5.41, 5.74) is 4.76. The molecule has 2 heterocycles. The van der Waals surface area contributed by atoms with Crippen molar-refractivity contribution in [1.29, 1.82) is 0 Å². The van der Waals surface area contributed by atoms with Crippen molar-refractivity contribution in [3.05, 3.63) is 71.4 Å². The van der Waals surface area contributed by atoms with Gasteiger partial charge in [0.15, 0.2) is 0 Å². The fraction of sp³-hybridized carbons (Fsp3) is 0.143. The predicted octanol–water partition coefficient (Wildman–Crippen LogP) is 5.03. The lowest BCUT2D eigenvalue weighted by Crippen LogP contribution is -2.06. The van der Waals surface area contributed by atoms with Crippen molar-refractivity contribution in [1.82, 2.24) is 9.97 Å². The van der Waals surface area contributed by atoms with Gasteiger partial charge < -0.3 is 10.4 Å². The lowest BCUT2D eigenvalue weighted by molar-refractivity contribution is 0.475. The number of fused-ring (bicyclic) bond motifs is 1. The first kappa shape index (κ1) is 16.5. The Labute approximate surface area is 156 Å². The highest BCUT2D eigenvalue weighted by atomic mass is 32.1. The first-order chi connectivity index (χ1) is 12.7. The number of rotatable bonds is 5. The molecular formula is C21H19N3OS. The Balaban J connectivity index is 1.59. The van der Waals surface area contributed by atoms with Crippen molar-refractivity contribution in [2.24, 2.45) is 0 Å². The third-order valence-electron chi connectivity index (χ3n) is 4.38. The summed E-state index contributed by atoms with van der Waals surface area (Å²) in [6, 6.07) is 15.8. The van der Waals surface area contributed by atoms with Crippen LogP contribution in [-0.4, -0.2) is 21.6 Å². The van der Waals surface area contributed by atoms with Crippen molar-refractivity contribution < 1.29 is 5.11 Å². The number of phenolic OH excluding ortho intramolecular Hbond substituents is 1. The van der Waals surface area contributed by atoms with Crippen molar-refractivity contribution in [3.8, 4) is 16.9 Å². The van der Waals surface area contributed by atoms with E-state index in [2.05, 4.69) is 51.9 Å². The van der Waals surface area contributed by atoms with Gasteiger partial charge in [-0.1, -0.05) is 42.0 Å². The maximum atomic E-state index is 9.38. The zero-order chi connectivity index (χ0) is 17.9. The minimum atomic E-state index is 0.292. The number of phenols is 1. The first-order valence-electron chi connectivity index (χ1n) is 8.52. The number of benzene rings is 2. The molecule has 0 aliphatic carbocycles. The molecule has 26 heavy (non-hydrogen) atoms. The fourth-order valence-electron chi connectivity index (χ4n) is 2.94. The Morgan fingerprint density at radius 3 is 2.54 bits per heavy atom. The molecule has 130 valence electrons. The number of anilines is 1. The van der Waals surface area contributed by atoms with Crippen LogP contribution < -0.4 is 5.32 Å². The third-order valence-corrected chi connectivity index (χ3v) is 5.26. The highest BCUT2D eigenvalue weighted by molar-refractivity contribution is 7.17. The third kappa shape index (κ3) is 3.39. The fourth-order valence-corrected chi connectivity index (χ4v) is 3.86. The van der Waals surface area contributed by atoms with Crippen LogP contribution >= 0.6 is 11.3 Å². The summed E-state index contributed by atoms with van der Waals surface area (Å²) in [4.78, 5) is 9.88. The normalized spacial score (nSPS) is 11.0. The number of aromatic nitrogens is 2. The molecular weight excluding hydrogens is 342 g/mol. The maximum absolute atomic E-state index is 9.38. The Bertz CT molecular complexity index is 1020. The van der Waals surface area contributed by atoms with E-state index < -0.39 is 0 Å². The van der Waals surface area contributed by atoms with Crippen LogP contribution in [0.15, 0.2) is 60.2 Å². The zero-order valence-electron chi connectivity index (χ0n) is 14.4. The largest absolute Gasteiger partial charge is 0.508 e. The molecule has 0 atom stereocenters. The van der Waals surface area contributed by atoms with Crippen LogP contribution in [0, 0.1) is 6.92 Å². The van der Waals surface area contributed by atoms with Gasteiger partial charge in [0.2, 0.25) is 0 Å². The van der Waals surface area contributed by atoms with Crippen LogP contribution in [0.5, 0.6) is 5.75 Å². The van der Waals surface area contributed by atoms with Gasteiger partial charge in [0.05, 0.1) is 5.39 Å². The van der Waals surface area contributed by atoms with Crippen molar-refractivity contribution in [2.75, 3.05) is 11.9 Å². The van der Waals surface area contributed by atoms with E-state index in [1.165, 1.54) is 16.7 Å². The van der Waals surface area contributed by atoms with Crippen LogP contribution in [0.25, 0.3) is 21.3 Å². The van der Waals surface area contributed by atoms with E-state index in [9.17, 15) is 5.11 Å². The molecule has 0 amide bonds. The number of hydrogen-bond acceptors (Lipinski definition) is 5. The molecule has 0 aliphatic rings. The van der Waals surface area contributed by atoms with E-state index in [1.54, 1.807) is 29.8 Å². The van der Waals surface area contributed by atoms with E-state index in [0.29, 0.717) is 5.75 Å². The van der Waals surface area contributed by atoms with Gasteiger partial charge in [0, 0.05) is 17.5 Å². The second-order valence-corrected chi connectivity index (χ2v) is 7.12. The molecule has 0 aliphatic heterocycles. The zero-order valence-corrected chi connectivity index (χ0v) is 15.3. The number of hydrogen-bond donors (Lipinski definition) is 2. The highest BCUT2D eigenvalue weighted by Crippen LogP contribution is 2.36. The summed E-state index contributed by atoms with van der Waals surface area (Å²) in [6.45, 7) is 2.86.